The molecule has 4 amide bonds. The van der Waals surface area contributed by atoms with Gasteiger partial charge in [0.1, 0.15) is 0 Å². The Bertz CT molecular complexity index is 659. The molecule has 13 nitrogen and oxygen atoms in total. The van der Waals surface area contributed by atoms with E-state index in [1.54, 1.807) is 0 Å². The first-order valence-corrected chi connectivity index (χ1v) is 7.62. The molecule has 0 aromatic heterocycles. The second-order valence-electron chi connectivity index (χ2n) is 5.78. The van der Waals surface area contributed by atoms with Crippen LogP contribution in [0.25, 0.3) is 0 Å². The Balaban J connectivity index is 2.00. The van der Waals surface area contributed by atoms with Crippen LogP contribution in [0.1, 0.15) is 38.5 Å². The quantitative estimate of drug-likeness (QED) is 0.452. The van der Waals surface area contributed by atoms with Crippen LogP contribution < -0.4 is 0 Å². The molecular weight excluding hydrogens is 372 g/mol. The van der Waals surface area contributed by atoms with E-state index < -0.39 is 60.0 Å². The molecule has 0 aromatic carbocycles. The predicted molar refractivity (Wildman–Crippen MR) is 76.2 cm³/mol. The summed E-state index contributed by atoms with van der Waals surface area (Å²) in [5.41, 5.74) is -3.02. The number of imide groups is 2. The minimum Gasteiger partial charge on any atom is -0.479 e. The molecular formula is C14H14N2O11. The standard InChI is InChI=1S/C14H14N2O11/c17-7-1-2-8(18)15(7)26-11(21)5-14(25,13(23)24)6-12(22)27-16-9(19)3-4-10(16)20/h25H,1-6H2,(H,23,24). The fourth-order valence-corrected chi connectivity index (χ4v) is 2.28. The highest BCUT2D eigenvalue weighted by Gasteiger charge is 2.45. The van der Waals surface area contributed by atoms with E-state index in [0.717, 1.165) is 0 Å². The minimum absolute atomic E-state index is 0.143. The molecule has 146 valence electrons. The number of rotatable bonds is 7. The van der Waals surface area contributed by atoms with Crippen LogP contribution in [0.4, 0.5) is 0 Å². The molecule has 0 saturated carbocycles. The molecule has 0 aromatic rings. The van der Waals surface area contributed by atoms with Crippen molar-refractivity contribution < 1.29 is 53.4 Å². The Morgan fingerprint density at radius 2 is 1.07 bits per heavy atom. The van der Waals surface area contributed by atoms with Crippen LogP contribution in [0.3, 0.4) is 0 Å². The van der Waals surface area contributed by atoms with Gasteiger partial charge in [-0.3, -0.25) is 19.2 Å². The Hall–Kier alpha value is -3.35. The van der Waals surface area contributed by atoms with E-state index in [4.69, 9.17) is 5.11 Å². The minimum atomic E-state index is -3.02. The highest BCUT2D eigenvalue weighted by atomic mass is 16.7. The Morgan fingerprint density at radius 1 is 0.778 bits per heavy atom. The molecule has 2 aliphatic heterocycles. The first-order chi connectivity index (χ1) is 12.5. The van der Waals surface area contributed by atoms with E-state index in [9.17, 15) is 38.7 Å². The molecule has 2 saturated heterocycles. The number of hydrogen-bond acceptors (Lipinski definition) is 10. The van der Waals surface area contributed by atoms with E-state index >= 15 is 0 Å². The summed E-state index contributed by atoms with van der Waals surface area (Å²) < 4.78 is 0. The van der Waals surface area contributed by atoms with Crippen LogP contribution in [-0.4, -0.2) is 67.5 Å². The van der Waals surface area contributed by atoms with Gasteiger partial charge >= 0.3 is 17.9 Å². The molecule has 2 fully saturated rings. The van der Waals surface area contributed by atoms with Crippen molar-refractivity contribution in [1.29, 1.82) is 0 Å². The molecule has 2 rings (SSSR count). The van der Waals surface area contributed by atoms with Crippen molar-refractivity contribution in [2.45, 2.75) is 44.1 Å². The summed E-state index contributed by atoms with van der Waals surface area (Å²) in [6.07, 6.45) is -3.40. The lowest BCUT2D eigenvalue weighted by atomic mass is 9.96. The van der Waals surface area contributed by atoms with Gasteiger partial charge in [0, 0.05) is 25.7 Å². The molecule has 0 unspecified atom stereocenters. The summed E-state index contributed by atoms with van der Waals surface area (Å²) in [5.74, 6) is -8.23. The summed E-state index contributed by atoms with van der Waals surface area (Å²) >= 11 is 0. The van der Waals surface area contributed by atoms with Crippen LogP contribution in [0, 0.1) is 0 Å². The molecule has 2 heterocycles. The molecule has 0 atom stereocenters. The Kier molecular flexibility index (Phi) is 5.54. The lowest BCUT2D eigenvalue weighted by molar-refractivity contribution is -0.207. The number of carbonyl (C=O) groups is 7. The summed E-state index contributed by atoms with van der Waals surface area (Å²) in [4.78, 5) is 89.1. The summed E-state index contributed by atoms with van der Waals surface area (Å²) in [6.45, 7) is 0. The van der Waals surface area contributed by atoms with Crippen LogP contribution in [0.2, 0.25) is 0 Å². The van der Waals surface area contributed by atoms with Crippen LogP contribution >= 0.6 is 0 Å². The number of carbonyl (C=O) groups excluding carboxylic acids is 6. The predicted octanol–water partition coefficient (Wildman–Crippen LogP) is -2.20. The zero-order valence-corrected chi connectivity index (χ0v) is 13.7. The number of hydrogen-bond donors (Lipinski definition) is 2. The van der Waals surface area contributed by atoms with Gasteiger partial charge in [-0.1, -0.05) is 0 Å². The van der Waals surface area contributed by atoms with E-state index in [1.165, 1.54) is 0 Å². The Labute approximate surface area is 150 Å². The van der Waals surface area contributed by atoms with Crippen molar-refractivity contribution in [3.05, 3.63) is 0 Å². The molecule has 27 heavy (non-hydrogen) atoms. The maximum Gasteiger partial charge on any atom is 0.336 e. The number of amides is 4. The van der Waals surface area contributed by atoms with Gasteiger partial charge in [0.15, 0.2) is 5.60 Å². The molecule has 2 aliphatic rings. The summed E-state index contributed by atoms with van der Waals surface area (Å²) in [7, 11) is 0. The van der Waals surface area contributed by atoms with Crippen LogP contribution in [0.15, 0.2) is 0 Å². The number of hydroxylamine groups is 4. The van der Waals surface area contributed by atoms with Crippen molar-refractivity contribution in [3.8, 4) is 0 Å². The average molecular weight is 386 g/mol. The van der Waals surface area contributed by atoms with Gasteiger partial charge < -0.3 is 19.9 Å². The molecule has 0 radical (unpaired) electrons. The smallest absolute Gasteiger partial charge is 0.336 e. The SMILES string of the molecule is O=C(CC(O)(CC(=O)ON1C(=O)CCC1=O)C(=O)O)ON1C(=O)CCC1=O. The summed E-state index contributed by atoms with van der Waals surface area (Å²) in [6, 6.07) is 0. The lowest BCUT2D eigenvalue weighted by Crippen LogP contribution is -2.46. The van der Waals surface area contributed by atoms with Crippen LogP contribution in [-0.2, 0) is 43.2 Å². The number of aliphatic carboxylic acids is 1. The van der Waals surface area contributed by atoms with Gasteiger partial charge in [0.05, 0.1) is 12.8 Å². The first-order valence-electron chi connectivity index (χ1n) is 7.62. The second-order valence-corrected chi connectivity index (χ2v) is 5.78. The van der Waals surface area contributed by atoms with Gasteiger partial charge in [-0.2, -0.15) is 0 Å². The number of carboxylic acids is 1. The van der Waals surface area contributed by atoms with Gasteiger partial charge in [0.2, 0.25) is 0 Å². The van der Waals surface area contributed by atoms with Gasteiger partial charge in [0.25, 0.3) is 23.6 Å². The molecule has 0 bridgehead atoms. The fourth-order valence-electron chi connectivity index (χ4n) is 2.28. The van der Waals surface area contributed by atoms with Crippen molar-refractivity contribution in [1.82, 2.24) is 10.1 Å². The Morgan fingerprint density at radius 3 is 1.33 bits per heavy atom. The van der Waals surface area contributed by atoms with Crippen molar-refractivity contribution in [2.75, 3.05) is 0 Å². The van der Waals surface area contributed by atoms with Crippen molar-refractivity contribution in [2.24, 2.45) is 0 Å². The zero-order chi connectivity index (χ0) is 20.4. The number of nitrogens with zero attached hydrogens (tertiary/aromatic N) is 2. The number of carboxylic acid groups (broad SMARTS) is 1. The number of aliphatic hydroxyl groups is 1. The third-order valence-electron chi connectivity index (χ3n) is 3.67. The van der Waals surface area contributed by atoms with Gasteiger partial charge in [-0.05, 0) is 0 Å². The van der Waals surface area contributed by atoms with Crippen molar-refractivity contribution in [3.63, 3.8) is 0 Å². The van der Waals surface area contributed by atoms with E-state index in [0.29, 0.717) is 0 Å². The fraction of sp³-hybridized carbons (Fsp3) is 0.500. The topological polar surface area (TPSA) is 185 Å². The average Bonchev–Trinajstić information content (AvgIpc) is 3.04. The van der Waals surface area contributed by atoms with Gasteiger partial charge in [-0.25, -0.2) is 14.4 Å². The van der Waals surface area contributed by atoms with E-state index in [1.807, 2.05) is 0 Å². The molecule has 0 aliphatic carbocycles. The largest absolute Gasteiger partial charge is 0.479 e. The first kappa shape index (κ1) is 20.0. The normalized spacial score (nSPS) is 17.5. The van der Waals surface area contributed by atoms with E-state index in [-0.39, 0.29) is 35.8 Å². The third-order valence-corrected chi connectivity index (χ3v) is 3.67. The van der Waals surface area contributed by atoms with Crippen molar-refractivity contribution >= 4 is 41.5 Å². The third kappa shape index (κ3) is 4.44. The monoisotopic (exact) mass is 386 g/mol. The van der Waals surface area contributed by atoms with Gasteiger partial charge in [-0.15, -0.1) is 10.1 Å². The zero-order valence-electron chi connectivity index (χ0n) is 13.7. The molecule has 2 N–H and O–H groups in total. The van der Waals surface area contributed by atoms with E-state index in [2.05, 4.69) is 9.68 Å². The molecule has 0 spiro atoms. The highest BCUT2D eigenvalue weighted by molar-refractivity contribution is 6.02. The maximum atomic E-state index is 11.8. The summed E-state index contributed by atoms with van der Waals surface area (Å²) in [5, 5.41) is 19.4. The lowest BCUT2D eigenvalue weighted by Gasteiger charge is -2.23. The van der Waals surface area contributed by atoms with Crippen LogP contribution in [0.5, 0.6) is 0 Å². The highest BCUT2D eigenvalue weighted by Crippen LogP contribution is 2.21. The second kappa shape index (κ2) is 7.49. The molecule has 13 heteroatoms. The maximum absolute atomic E-state index is 11.8.